The number of hydrogen-bond donors (Lipinski definition) is 1. The van der Waals surface area contributed by atoms with E-state index >= 15 is 0 Å². The van der Waals surface area contributed by atoms with Crippen LogP contribution in [0, 0.1) is 11.3 Å². The van der Waals surface area contributed by atoms with Crippen molar-refractivity contribution in [3.8, 4) is 6.07 Å². The summed E-state index contributed by atoms with van der Waals surface area (Å²) in [5.74, 6) is -0.269. The zero-order chi connectivity index (χ0) is 15.2. The monoisotopic (exact) mass is 299 g/mol. The zero-order valence-corrected chi connectivity index (χ0v) is 12.0. The molecule has 0 unspecified atom stereocenters. The van der Waals surface area contributed by atoms with Gasteiger partial charge in [0.2, 0.25) is 0 Å². The van der Waals surface area contributed by atoms with Gasteiger partial charge in [-0.15, -0.1) is 0 Å². The van der Waals surface area contributed by atoms with Crippen LogP contribution in [0.1, 0.15) is 15.9 Å². The van der Waals surface area contributed by atoms with Crippen LogP contribution >= 0.6 is 11.6 Å². The molecule has 0 aliphatic carbocycles. The minimum atomic E-state index is -0.269. The number of nitrogen functional groups attached to an aromatic ring is 1. The molecule has 0 bridgehead atoms. The minimum absolute atomic E-state index is 0.000145. The summed E-state index contributed by atoms with van der Waals surface area (Å²) >= 11 is 5.92. The number of benzene rings is 2. The number of carbonyl (C=O) groups is 1. The van der Waals surface area contributed by atoms with Gasteiger partial charge in [-0.2, -0.15) is 5.26 Å². The molecule has 2 N–H and O–H groups in total. The number of amides is 1. The summed E-state index contributed by atoms with van der Waals surface area (Å²) in [6.45, 7) is 0.361. The molecule has 21 heavy (non-hydrogen) atoms. The normalized spacial score (nSPS) is 9.90. The second-order valence-corrected chi connectivity index (χ2v) is 5.01. The maximum Gasteiger partial charge on any atom is 0.255 e. The van der Waals surface area contributed by atoms with Crippen LogP contribution < -0.4 is 5.73 Å². The van der Waals surface area contributed by atoms with Crippen LogP contribution in [0.15, 0.2) is 48.5 Å². The molecule has 0 aliphatic heterocycles. The van der Waals surface area contributed by atoms with Crippen molar-refractivity contribution in [2.24, 2.45) is 0 Å². The number of rotatable bonds is 4. The molecular weight excluding hydrogens is 286 g/mol. The first-order valence-corrected chi connectivity index (χ1v) is 6.74. The van der Waals surface area contributed by atoms with Gasteiger partial charge in [0, 0.05) is 22.8 Å². The van der Waals surface area contributed by atoms with Crippen molar-refractivity contribution in [3.63, 3.8) is 0 Å². The molecule has 2 rings (SSSR count). The van der Waals surface area contributed by atoms with E-state index in [-0.39, 0.29) is 12.5 Å². The summed E-state index contributed by atoms with van der Waals surface area (Å²) in [4.78, 5) is 14.0. The molecule has 0 saturated heterocycles. The maximum atomic E-state index is 12.5. The third kappa shape index (κ3) is 3.98. The number of nitrogens with two attached hydrogens (primary N) is 1. The van der Waals surface area contributed by atoms with Gasteiger partial charge in [0.15, 0.2) is 0 Å². The summed E-state index contributed by atoms with van der Waals surface area (Å²) in [5, 5.41) is 9.32. The minimum Gasteiger partial charge on any atom is -0.399 e. The second kappa shape index (κ2) is 6.78. The van der Waals surface area contributed by atoms with Gasteiger partial charge in [0.25, 0.3) is 5.91 Å². The number of halogens is 1. The number of nitrogens with zero attached hydrogens (tertiary/aromatic N) is 2. The van der Waals surface area contributed by atoms with Crippen LogP contribution in [0.4, 0.5) is 5.69 Å². The quantitative estimate of drug-likeness (QED) is 0.696. The predicted molar refractivity (Wildman–Crippen MR) is 82.7 cm³/mol. The topological polar surface area (TPSA) is 70.1 Å². The number of nitriles is 1. The molecule has 0 spiro atoms. The molecule has 106 valence electrons. The van der Waals surface area contributed by atoms with Gasteiger partial charge < -0.3 is 10.6 Å². The summed E-state index contributed by atoms with van der Waals surface area (Å²) in [6, 6.07) is 16.2. The van der Waals surface area contributed by atoms with Crippen LogP contribution in [0.5, 0.6) is 0 Å². The predicted octanol–water partition coefficient (Wildman–Crippen LogP) is 3.09. The van der Waals surface area contributed by atoms with Crippen LogP contribution in [-0.4, -0.2) is 17.4 Å². The summed E-state index contributed by atoms with van der Waals surface area (Å²) in [6.07, 6.45) is 0. The maximum absolute atomic E-state index is 12.5. The van der Waals surface area contributed by atoms with Crippen LogP contribution in [0.2, 0.25) is 5.02 Å². The van der Waals surface area contributed by atoms with E-state index in [9.17, 15) is 4.79 Å². The molecule has 0 atom stereocenters. The van der Waals surface area contributed by atoms with Gasteiger partial charge in [-0.05, 0) is 23.8 Å². The van der Waals surface area contributed by atoms with Gasteiger partial charge in [-0.25, -0.2) is 0 Å². The van der Waals surface area contributed by atoms with Crippen molar-refractivity contribution in [2.45, 2.75) is 6.54 Å². The summed E-state index contributed by atoms with van der Waals surface area (Å²) in [5.41, 5.74) is 7.46. The van der Waals surface area contributed by atoms with Crippen molar-refractivity contribution in [1.29, 1.82) is 5.26 Å². The molecule has 0 aliphatic rings. The Hall–Kier alpha value is -2.51. The fourth-order valence-electron chi connectivity index (χ4n) is 2.01. The number of anilines is 1. The summed E-state index contributed by atoms with van der Waals surface area (Å²) in [7, 11) is 0. The van der Waals surface area contributed by atoms with Crippen LogP contribution in [-0.2, 0) is 6.54 Å². The van der Waals surface area contributed by atoms with Gasteiger partial charge in [-0.1, -0.05) is 41.9 Å². The second-order valence-electron chi connectivity index (χ2n) is 4.58. The first-order chi connectivity index (χ1) is 10.1. The molecule has 0 aromatic heterocycles. The Balaban J connectivity index is 2.25. The highest BCUT2D eigenvalue weighted by atomic mass is 35.5. The molecule has 1 amide bonds. The highest BCUT2D eigenvalue weighted by Crippen LogP contribution is 2.19. The average Bonchev–Trinajstić information content (AvgIpc) is 2.46. The van der Waals surface area contributed by atoms with Crippen molar-refractivity contribution in [2.75, 3.05) is 12.3 Å². The Morgan fingerprint density at radius 1 is 1.24 bits per heavy atom. The van der Waals surface area contributed by atoms with Gasteiger partial charge in [0.05, 0.1) is 6.07 Å². The molecule has 0 saturated carbocycles. The van der Waals surface area contributed by atoms with Gasteiger partial charge in [-0.3, -0.25) is 4.79 Å². The van der Waals surface area contributed by atoms with Crippen LogP contribution in [0.3, 0.4) is 0 Å². The largest absolute Gasteiger partial charge is 0.399 e. The van der Waals surface area contributed by atoms with E-state index in [4.69, 9.17) is 22.6 Å². The van der Waals surface area contributed by atoms with E-state index < -0.39 is 0 Å². The highest BCUT2D eigenvalue weighted by molar-refractivity contribution is 6.31. The first-order valence-electron chi connectivity index (χ1n) is 6.36. The Bertz CT molecular complexity index is 659. The van der Waals surface area contributed by atoms with Gasteiger partial charge >= 0.3 is 0 Å². The van der Waals surface area contributed by atoms with E-state index in [1.165, 1.54) is 4.90 Å². The smallest absolute Gasteiger partial charge is 0.255 e. The van der Waals surface area contributed by atoms with Crippen molar-refractivity contribution in [3.05, 3.63) is 64.7 Å². The van der Waals surface area contributed by atoms with E-state index in [1.807, 2.05) is 36.4 Å². The lowest BCUT2D eigenvalue weighted by Gasteiger charge is -2.20. The molecule has 2 aromatic carbocycles. The molecule has 2 aromatic rings. The lowest BCUT2D eigenvalue weighted by Crippen LogP contribution is -2.31. The zero-order valence-electron chi connectivity index (χ0n) is 11.3. The van der Waals surface area contributed by atoms with E-state index in [0.717, 1.165) is 5.56 Å². The van der Waals surface area contributed by atoms with Crippen LogP contribution in [0.25, 0.3) is 0 Å². The Labute approximate surface area is 128 Å². The molecule has 5 heteroatoms. The Kier molecular flexibility index (Phi) is 4.81. The lowest BCUT2D eigenvalue weighted by atomic mass is 10.1. The third-order valence-electron chi connectivity index (χ3n) is 2.93. The van der Waals surface area contributed by atoms with Crippen molar-refractivity contribution < 1.29 is 4.79 Å². The average molecular weight is 300 g/mol. The molecule has 0 radical (unpaired) electrons. The molecular formula is C16H14ClN3O. The van der Waals surface area contributed by atoms with E-state index in [0.29, 0.717) is 22.8 Å². The summed E-state index contributed by atoms with van der Waals surface area (Å²) < 4.78 is 0. The van der Waals surface area contributed by atoms with E-state index in [2.05, 4.69) is 0 Å². The standard InChI is InChI=1S/C16H14ClN3O/c17-14-8-13(9-15(19)10-14)16(21)20(7-6-18)11-12-4-2-1-3-5-12/h1-5,8-10H,7,11,19H2. The third-order valence-corrected chi connectivity index (χ3v) is 3.15. The number of carbonyl (C=O) groups excluding carboxylic acids is 1. The molecule has 4 nitrogen and oxygen atoms in total. The van der Waals surface area contributed by atoms with Crippen molar-refractivity contribution in [1.82, 2.24) is 4.90 Å². The first kappa shape index (κ1) is 14.9. The Morgan fingerprint density at radius 2 is 1.95 bits per heavy atom. The van der Waals surface area contributed by atoms with Crippen molar-refractivity contribution >= 4 is 23.2 Å². The van der Waals surface area contributed by atoms with E-state index in [1.54, 1.807) is 18.2 Å². The lowest BCUT2D eigenvalue weighted by molar-refractivity contribution is 0.0765. The SMILES string of the molecule is N#CCN(Cc1ccccc1)C(=O)c1cc(N)cc(Cl)c1. The fourth-order valence-corrected chi connectivity index (χ4v) is 2.25. The fraction of sp³-hybridized carbons (Fsp3) is 0.125. The number of hydrogen-bond acceptors (Lipinski definition) is 3. The molecule has 0 fully saturated rings. The van der Waals surface area contributed by atoms with Gasteiger partial charge in [0.1, 0.15) is 6.54 Å². The Morgan fingerprint density at radius 3 is 2.57 bits per heavy atom. The highest BCUT2D eigenvalue weighted by Gasteiger charge is 2.16. The molecule has 0 heterocycles.